The molecule has 0 amide bonds. The van der Waals surface area contributed by atoms with E-state index in [9.17, 15) is 4.79 Å². The lowest BCUT2D eigenvalue weighted by molar-refractivity contribution is 0.0981. The molecule has 0 atom stereocenters. The second kappa shape index (κ2) is 5.21. The zero-order valence-electron chi connectivity index (χ0n) is 11.2. The Kier molecular flexibility index (Phi) is 3.65. The summed E-state index contributed by atoms with van der Waals surface area (Å²) in [5.41, 5.74) is 2.95. The Hall–Kier alpha value is -1.84. The molecule has 2 aromatic rings. The Morgan fingerprint density at radius 3 is 2.83 bits per heavy atom. The molecular weight excluding hydrogens is 226 g/mol. The number of hydrogen-bond donors (Lipinski definition) is 0. The first-order chi connectivity index (χ1) is 8.60. The van der Waals surface area contributed by atoms with Gasteiger partial charge in [-0.3, -0.25) is 9.48 Å². The van der Waals surface area contributed by atoms with Gasteiger partial charge in [0.05, 0.1) is 17.9 Å². The van der Waals surface area contributed by atoms with Crippen molar-refractivity contribution in [3.63, 3.8) is 0 Å². The normalized spacial score (nSPS) is 10.8. The first kappa shape index (κ1) is 12.6. The molecule has 4 heteroatoms. The van der Waals surface area contributed by atoms with Crippen LogP contribution in [0.4, 0.5) is 0 Å². The molecule has 0 unspecified atom stereocenters. The molecule has 0 fully saturated rings. The lowest BCUT2D eigenvalue weighted by Gasteiger charge is -2.03. The van der Waals surface area contributed by atoms with Crippen molar-refractivity contribution < 1.29 is 4.79 Å². The number of nitrogens with zero attached hydrogens (tertiary/aromatic N) is 3. The Morgan fingerprint density at radius 1 is 1.44 bits per heavy atom. The van der Waals surface area contributed by atoms with Crippen LogP contribution in [-0.2, 0) is 13.6 Å². The topological polar surface area (TPSA) is 39.8 Å². The highest BCUT2D eigenvalue weighted by Crippen LogP contribution is 2.10. The van der Waals surface area contributed by atoms with E-state index in [1.54, 1.807) is 0 Å². The molecule has 0 saturated carbocycles. The predicted octanol–water partition coefficient (Wildman–Crippen LogP) is 2.56. The van der Waals surface area contributed by atoms with E-state index < -0.39 is 0 Å². The molecule has 0 aliphatic carbocycles. The number of carbonyl (C=O) groups excluding carboxylic acids is 1. The highest BCUT2D eigenvalue weighted by atomic mass is 16.1. The standard InChI is InChI=1S/C14H19N3O/c1-4-5-14(18)12-6-7-17(9-12)10-13-8-11(2)15-16(13)3/h6-9H,4-5,10H2,1-3H3. The van der Waals surface area contributed by atoms with Crippen LogP contribution < -0.4 is 0 Å². The number of aromatic nitrogens is 3. The van der Waals surface area contributed by atoms with E-state index in [1.807, 2.05) is 48.6 Å². The van der Waals surface area contributed by atoms with Crippen LogP contribution in [0.25, 0.3) is 0 Å². The highest BCUT2D eigenvalue weighted by molar-refractivity contribution is 5.95. The summed E-state index contributed by atoms with van der Waals surface area (Å²) in [6.07, 6.45) is 5.38. The fourth-order valence-corrected chi connectivity index (χ4v) is 2.07. The van der Waals surface area contributed by atoms with Crippen LogP contribution >= 0.6 is 0 Å². The minimum Gasteiger partial charge on any atom is -0.348 e. The minimum absolute atomic E-state index is 0.220. The van der Waals surface area contributed by atoms with Gasteiger partial charge in [-0.2, -0.15) is 5.10 Å². The van der Waals surface area contributed by atoms with Crippen molar-refractivity contribution in [3.8, 4) is 0 Å². The number of Topliss-reactive ketones (excluding diaryl/α,β-unsaturated/α-hetero) is 1. The summed E-state index contributed by atoms with van der Waals surface area (Å²) in [7, 11) is 1.94. The maximum absolute atomic E-state index is 11.8. The molecule has 0 aliphatic heterocycles. The highest BCUT2D eigenvalue weighted by Gasteiger charge is 2.08. The van der Waals surface area contributed by atoms with Gasteiger partial charge in [-0.25, -0.2) is 0 Å². The first-order valence-electron chi connectivity index (χ1n) is 6.28. The zero-order chi connectivity index (χ0) is 13.1. The van der Waals surface area contributed by atoms with E-state index in [4.69, 9.17) is 0 Å². The number of aryl methyl sites for hydroxylation is 2. The molecule has 2 aromatic heterocycles. The van der Waals surface area contributed by atoms with E-state index in [-0.39, 0.29) is 5.78 Å². The van der Waals surface area contributed by atoms with Gasteiger partial charge >= 0.3 is 0 Å². The van der Waals surface area contributed by atoms with Gasteiger partial charge in [-0.15, -0.1) is 0 Å². The van der Waals surface area contributed by atoms with Gasteiger partial charge in [-0.05, 0) is 25.5 Å². The van der Waals surface area contributed by atoms with E-state index in [0.717, 1.165) is 29.9 Å². The fourth-order valence-electron chi connectivity index (χ4n) is 2.07. The summed E-state index contributed by atoms with van der Waals surface area (Å²) >= 11 is 0. The molecular formula is C14H19N3O. The molecule has 0 N–H and O–H groups in total. The SMILES string of the molecule is CCCC(=O)c1ccn(Cc2cc(C)nn2C)c1. The van der Waals surface area contributed by atoms with E-state index in [2.05, 4.69) is 11.2 Å². The zero-order valence-corrected chi connectivity index (χ0v) is 11.2. The molecule has 2 rings (SSSR count). The Morgan fingerprint density at radius 2 is 2.22 bits per heavy atom. The van der Waals surface area contributed by atoms with Gasteiger partial charge in [0.25, 0.3) is 0 Å². The Balaban J connectivity index is 2.11. The van der Waals surface area contributed by atoms with Gasteiger partial charge < -0.3 is 4.57 Å². The van der Waals surface area contributed by atoms with Crippen molar-refractivity contribution in [1.82, 2.24) is 14.3 Å². The Labute approximate surface area is 107 Å². The molecule has 0 spiro atoms. The van der Waals surface area contributed by atoms with Gasteiger partial charge in [0.2, 0.25) is 0 Å². The van der Waals surface area contributed by atoms with E-state index in [0.29, 0.717) is 6.42 Å². The van der Waals surface area contributed by atoms with Crippen molar-refractivity contribution in [2.45, 2.75) is 33.2 Å². The van der Waals surface area contributed by atoms with Crippen LogP contribution in [0.1, 0.15) is 41.5 Å². The maximum Gasteiger partial charge on any atom is 0.164 e. The third kappa shape index (κ3) is 2.70. The fraction of sp³-hybridized carbons (Fsp3) is 0.429. The molecule has 2 heterocycles. The molecule has 0 aliphatic rings. The second-order valence-corrected chi connectivity index (χ2v) is 4.65. The minimum atomic E-state index is 0.220. The van der Waals surface area contributed by atoms with Gasteiger partial charge in [0.15, 0.2) is 5.78 Å². The third-order valence-electron chi connectivity index (χ3n) is 2.99. The van der Waals surface area contributed by atoms with E-state index in [1.165, 1.54) is 0 Å². The van der Waals surface area contributed by atoms with Crippen LogP contribution in [0.5, 0.6) is 0 Å². The van der Waals surface area contributed by atoms with Crippen molar-refractivity contribution in [2.75, 3.05) is 0 Å². The quantitative estimate of drug-likeness (QED) is 0.759. The third-order valence-corrected chi connectivity index (χ3v) is 2.99. The average Bonchev–Trinajstić information content (AvgIpc) is 2.88. The molecule has 0 bridgehead atoms. The maximum atomic E-state index is 11.8. The summed E-state index contributed by atoms with van der Waals surface area (Å²) < 4.78 is 3.90. The van der Waals surface area contributed by atoms with Crippen LogP contribution in [0.3, 0.4) is 0 Å². The number of ketones is 1. The van der Waals surface area contributed by atoms with Crippen LogP contribution in [0, 0.1) is 6.92 Å². The lowest BCUT2D eigenvalue weighted by atomic mass is 10.1. The van der Waals surface area contributed by atoms with Crippen LogP contribution in [0.2, 0.25) is 0 Å². The summed E-state index contributed by atoms with van der Waals surface area (Å²) in [6.45, 7) is 4.75. The monoisotopic (exact) mass is 245 g/mol. The smallest absolute Gasteiger partial charge is 0.164 e. The van der Waals surface area contributed by atoms with Crippen molar-refractivity contribution >= 4 is 5.78 Å². The van der Waals surface area contributed by atoms with Crippen molar-refractivity contribution in [3.05, 3.63) is 41.5 Å². The average molecular weight is 245 g/mol. The molecule has 0 saturated heterocycles. The number of rotatable bonds is 5. The van der Waals surface area contributed by atoms with Gasteiger partial charge in [-0.1, -0.05) is 6.92 Å². The Bertz CT molecular complexity index is 551. The van der Waals surface area contributed by atoms with Crippen molar-refractivity contribution in [2.24, 2.45) is 7.05 Å². The van der Waals surface area contributed by atoms with Crippen molar-refractivity contribution in [1.29, 1.82) is 0 Å². The lowest BCUT2D eigenvalue weighted by Crippen LogP contribution is -2.04. The number of hydrogen-bond acceptors (Lipinski definition) is 2. The molecule has 4 nitrogen and oxygen atoms in total. The van der Waals surface area contributed by atoms with Gasteiger partial charge in [0.1, 0.15) is 0 Å². The van der Waals surface area contributed by atoms with Crippen LogP contribution in [-0.4, -0.2) is 20.1 Å². The molecule has 96 valence electrons. The molecule has 0 aromatic carbocycles. The first-order valence-corrected chi connectivity index (χ1v) is 6.28. The predicted molar refractivity (Wildman–Crippen MR) is 70.7 cm³/mol. The molecule has 0 radical (unpaired) electrons. The van der Waals surface area contributed by atoms with Crippen LogP contribution in [0.15, 0.2) is 24.5 Å². The van der Waals surface area contributed by atoms with Gasteiger partial charge in [0, 0.05) is 31.4 Å². The second-order valence-electron chi connectivity index (χ2n) is 4.65. The molecule has 18 heavy (non-hydrogen) atoms. The van der Waals surface area contributed by atoms with E-state index >= 15 is 0 Å². The summed E-state index contributed by atoms with van der Waals surface area (Å²) in [5, 5.41) is 4.31. The largest absolute Gasteiger partial charge is 0.348 e. The number of carbonyl (C=O) groups is 1. The summed E-state index contributed by atoms with van der Waals surface area (Å²) in [5.74, 6) is 0.220. The summed E-state index contributed by atoms with van der Waals surface area (Å²) in [4.78, 5) is 11.8. The summed E-state index contributed by atoms with van der Waals surface area (Å²) in [6, 6.07) is 3.95.